The number of para-hydroxylation sites is 1. The molecule has 0 aliphatic carbocycles. The van der Waals surface area contributed by atoms with E-state index >= 15 is 0 Å². The summed E-state index contributed by atoms with van der Waals surface area (Å²) in [5.41, 5.74) is 2.16. The monoisotopic (exact) mass is 337 g/mol. The second-order valence-corrected chi connectivity index (χ2v) is 5.87. The smallest absolute Gasteiger partial charge is 0.321 e. The molecule has 1 aliphatic heterocycles. The van der Waals surface area contributed by atoms with Crippen molar-refractivity contribution in [3.8, 4) is 0 Å². The zero-order valence-electron chi connectivity index (χ0n) is 11.3. The van der Waals surface area contributed by atoms with E-state index in [-0.39, 0.29) is 5.91 Å². The number of urea groups is 1. The molecule has 1 saturated heterocycles. The third-order valence-electron chi connectivity index (χ3n) is 3.23. The van der Waals surface area contributed by atoms with E-state index in [1.807, 2.05) is 6.07 Å². The van der Waals surface area contributed by atoms with Crippen molar-refractivity contribution in [2.45, 2.75) is 12.5 Å². The van der Waals surface area contributed by atoms with Crippen LogP contribution < -0.4 is 15.5 Å². The number of anilines is 2. The van der Waals surface area contributed by atoms with Crippen LogP contribution in [0.15, 0.2) is 29.8 Å². The van der Waals surface area contributed by atoms with Gasteiger partial charge in [0.25, 0.3) is 0 Å². The number of carbonyl (C=O) groups is 2. The minimum Gasteiger partial charge on any atom is -0.326 e. The summed E-state index contributed by atoms with van der Waals surface area (Å²) in [4.78, 5) is 25.8. The van der Waals surface area contributed by atoms with E-state index in [1.165, 1.54) is 16.8 Å². The lowest BCUT2D eigenvalue weighted by molar-refractivity contribution is -0.118. The zero-order chi connectivity index (χ0) is 15.5. The van der Waals surface area contributed by atoms with Crippen molar-refractivity contribution in [2.75, 3.05) is 16.8 Å². The Morgan fingerprint density at radius 3 is 2.95 bits per heavy atom. The van der Waals surface area contributed by atoms with Crippen LogP contribution in [-0.4, -0.2) is 34.7 Å². The van der Waals surface area contributed by atoms with Gasteiger partial charge in [0, 0.05) is 6.54 Å². The Kier molecular flexibility index (Phi) is 4.21. The van der Waals surface area contributed by atoms with Crippen LogP contribution in [0.2, 0.25) is 5.02 Å². The summed E-state index contributed by atoms with van der Waals surface area (Å²) in [5.74, 6) is -0.180. The summed E-state index contributed by atoms with van der Waals surface area (Å²) in [6, 6.07) is 6.08. The van der Waals surface area contributed by atoms with Gasteiger partial charge in [0.05, 0.1) is 10.7 Å². The van der Waals surface area contributed by atoms with E-state index in [2.05, 4.69) is 20.8 Å². The molecule has 7 nitrogen and oxygen atoms in total. The maximum atomic E-state index is 12.4. The molecule has 0 bridgehead atoms. The second kappa shape index (κ2) is 6.29. The summed E-state index contributed by atoms with van der Waals surface area (Å²) in [7, 11) is 0. The van der Waals surface area contributed by atoms with Gasteiger partial charge in [-0.05, 0) is 18.6 Å². The highest BCUT2D eigenvalue weighted by Gasteiger charge is 2.34. The lowest BCUT2D eigenvalue weighted by atomic mass is 10.2. The molecule has 1 fully saturated rings. The summed E-state index contributed by atoms with van der Waals surface area (Å²) in [5, 5.41) is 13.4. The molecule has 0 radical (unpaired) electrons. The Bertz CT molecular complexity index is 693. The van der Waals surface area contributed by atoms with Crippen LogP contribution in [0.25, 0.3) is 0 Å². The molecule has 3 amide bonds. The molecule has 1 aromatic heterocycles. The van der Waals surface area contributed by atoms with E-state index in [0.29, 0.717) is 28.8 Å². The molecular weight excluding hydrogens is 326 g/mol. The Balaban J connectivity index is 1.64. The Morgan fingerprint density at radius 1 is 1.41 bits per heavy atom. The number of nitrogens with one attached hydrogen (secondary N) is 2. The Labute approximate surface area is 135 Å². The molecule has 1 aliphatic rings. The highest BCUT2D eigenvalue weighted by Crippen LogP contribution is 2.28. The predicted molar refractivity (Wildman–Crippen MR) is 84.3 cm³/mol. The van der Waals surface area contributed by atoms with Crippen LogP contribution in [0.3, 0.4) is 0 Å². The zero-order valence-corrected chi connectivity index (χ0v) is 12.9. The van der Waals surface area contributed by atoms with Gasteiger partial charge in [-0.3, -0.25) is 10.1 Å². The minimum absolute atomic E-state index is 0.180. The fourth-order valence-corrected chi connectivity index (χ4v) is 2.92. The minimum atomic E-state index is -0.579. The summed E-state index contributed by atoms with van der Waals surface area (Å²) >= 11 is 7.31. The van der Waals surface area contributed by atoms with Crippen molar-refractivity contribution in [1.29, 1.82) is 0 Å². The third kappa shape index (κ3) is 3.02. The molecule has 9 heteroatoms. The maximum Gasteiger partial charge on any atom is 0.321 e. The number of halogens is 1. The Hall–Kier alpha value is -2.19. The average Bonchev–Trinajstić information content (AvgIpc) is 3.11. The van der Waals surface area contributed by atoms with Gasteiger partial charge in [-0.15, -0.1) is 10.2 Å². The summed E-state index contributed by atoms with van der Waals surface area (Å²) in [6.45, 7) is 0.506. The van der Waals surface area contributed by atoms with E-state index < -0.39 is 12.1 Å². The molecule has 0 saturated carbocycles. The van der Waals surface area contributed by atoms with Gasteiger partial charge < -0.3 is 10.2 Å². The molecule has 2 aromatic rings. The van der Waals surface area contributed by atoms with Crippen LogP contribution in [0.1, 0.15) is 6.42 Å². The molecule has 0 spiro atoms. The fraction of sp³-hybridized carbons (Fsp3) is 0.231. The molecule has 1 aromatic carbocycles. The first-order valence-corrected chi connectivity index (χ1v) is 7.80. The van der Waals surface area contributed by atoms with Gasteiger partial charge >= 0.3 is 6.03 Å². The normalized spacial score (nSPS) is 17.6. The number of hydrogen-bond acceptors (Lipinski definition) is 5. The molecular formula is C13H12ClN5O2S. The van der Waals surface area contributed by atoms with Gasteiger partial charge in [0.15, 0.2) is 0 Å². The second-order valence-electron chi connectivity index (χ2n) is 4.62. The molecule has 22 heavy (non-hydrogen) atoms. The highest BCUT2D eigenvalue weighted by atomic mass is 35.5. The SMILES string of the molecule is O=C(Nc1nncs1)NC1CCN(c2ccccc2Cl)C1=O. The summed E-state index contributed by atoms with van der Waals surface area (Å²) in [6.07, 6.45) is 0.521. The van der Waals surface area contributed by atoms with Crippen molar-refractivity contribution < 1.29 is 9.59 Å². The first kappa shape index (κ1) is 14.7. The van der Waals surface area contributed by atoms with Crippen molar-refractivity contribution >= 4 is 45.7 Å². The largest absolute Gasteiger partial charge is 0.326 e. The third-order valence-corrected chi connectivity index (χ3v) is 4.16. The lowest BCUT2D eigenvalue weighted by Gasteiger charge is -2.18. The van der Waals surface area contributed by atoms with Crippen LogP contribution in [0.5, 0.6) is 0 Å². The van der Waals surface area contributed by atoms with Gasteiger partial charge in [0.2, 0.25) is 11.0 Å². The van der Waals surface area contributed by atoms with E-state index in [1.54, 1.807) is 23.1 Å². The lowest BCUT2D eigenvalue weighted by Crippen LogP contribution is -2.43. The maximum absolute atomic E-state index is 12.4. The fourth-order valence-electron chi connectivity index (χ4n) is 2.24. The number of carbonyl (C=O) groups excluding carboxylic acids is 2. The van der Waals surface area contributed by atoms with Crippen LogP contribution in [0.4, 0.5) is 15.6 Å². The van der Waals surface area contributed by atoms with Gasteiger partial charge in [-0.2, -0.15) is 0 Å². The summed E-state index contributed by atoms with van der Waals surface area (Å²) < 4.78 is 0. The number of nitrogens with zero attached hydrogens (tertiary/aromatic N) is 3. The number of hydrogen-bond donors (Lipinski definition) is 2. The van der Waals surface area contributed by atoms with Crippen LogP contribution >= 0.6 is 22.9 Å². The van der Waals surface area contributed by atoms with Crippen molar-refractivity contribution in [2.24, 2.45) is 0 Å². The highest BCUT2D eigenvalue weighted by molar-refractivity contribution is 7.13. The van der Waals surface area contributed by atoms with Crippen molar-refractivity contribution in [1.82, 2.24) is 15.5 Å². The van der Waals surface area contributed by atoms with Crippen LogP contribution in [-0.2, 0) is 4.79 Å². The predicted octanol–water partition coefficient (Wildman–Crippen LogP) is 2.12. The Morgan fingerprint density at radius 2 is 2.23 bits per heavy atom. The number of rotatable bonds is 3. The first-order valence-electron chi connectivity index (χ1n) is 6.55. The number of amides is 3. The van der Waals surface area contributed by atoms with Crippen molar-refractivity contribution in [3.05, 3.63) is 34.8 Å². The molecule has 2 heterocycles. The molecule has 114 valence electrons. The average molecular weight is 338 g/mol. The van der Waals surface area contributed by atoms with E-state index in [0.717, 1.165) is 0 Å². The molecule has 2 N–H and O–H groups in total. The topological polar surface area (TPSA) is 87.2 Å². The van der Waals surface area contributed by atoms with Gasteiger partial charge in [-0.1, -0.05) is 35.1 Å². The van der Waals surface area contributed by atoms with Crippen LogP contribution in [0, 0.1) is 0 Å². The number of aromatic nitrogens is 2. The molecule has 3 rings (SSSR count). The van der Waals surface area contributed by atoms with E-state index in [4.69, 9.17) is 11.6 Å². The first-order chi connectivity index (χ1) is 10.6. The molecule has 1 unspecified atom stereocenters. The van der Waals surface area contributed by atoms with Gasteiger partial charge in [-0.25, -0.2) is 4.79 Å². The van der Waals surface area contributed by atoms with E-state index in [9.17, 15) is 9.59 Å². The molecule has 1 atom stereocenters. The standard InChI is InChI=1S/C13H12ClN5O2S/c14-8-3-1-2-4-10(8)19-6-5-9(11(19)20)16-12(21)17-13-18-15-7-22-13/h1-4,7,9H,5-6H2,(H2,16,17,18,21). The van der Waals surface area contributed by atoms with Gasteiger partial charge in [0.1, 0.15) is 11.6 Å². The van der Waals surface area contributed by atoms with Crippen molar-refractivity contribution in [3.63, 3.8) is 0 Å². The number of benzene rings is 1. The quantitative estimate of drug-likeness (QED) is 0.898.